The first-order valence-electron chi connectivity index (χ1n) is 5.66. The van der Waals surface area contributed by atoms with E-state index in [4.69, 9.17) is 9.47 Å². The van der Waals surface area contributed by atoms with E-state index in [1.165, 1.54) is 0 Å². The van der Waals surface area contributed by atoms with Gasteiger partial charge in [-0.05, 0) is 37.5 Å². The maximum absolute atomic E-state index is 10.4. The molecule has 1 fully saturated rings. The Morgan fingerprint density at radius 1 is 1.41 bits per heavy atom. The summed E-state index contributed by atoms with van der Waals surface area (Å²) in [5, 5.41) is 0. The van der Waals surface area contributed by atoms with Crippen molar-refractivity contribution in [2.24, 2.45) is 4.99 Å². The average molecular weight is 233 g/mol. The molecule has 0 spiro atoms. The molecule has 90 valence electrons. The number of isocyanates is 1. The van der Waals surface area contributed by atoms with Gasteiger partial charge in [0.1, 0.15) is 0 Å². The quantitative estimate of drug-likeness (QED) is 0.579. The number of methoxy groups -OCH3 is 1. The lowest BCUT2D eigenvalue weighted by atomic mass is 10.0. The van der Waals surface area contributed by atoms with Crippen molar-refractivity contribution in [3.63, 3.8) is 0 Å². The minimum Gasteiger partial charge on any atom is -0.493 e. The van der Waals surface area contributed by atoms with Crippen LogP contribution in [0.4, 0.5) is 0 Å². The van der Waals surface area contributed by atoms with Crippen LogP contribution in [0.25, 0.3) is 0 Å². The van der Waals surface area contributed by atoms with Gasteiger partial charge in [0.2, 0.25) is 6.08 Å². The molecule has 2 rings (SSSR count). The van der Waals surface area contributed by atoms with Crippen LogP contribution in [0, 0.1) is 0 Å². The van der Waals surface area contributed by atoms with E-state index in [9.17, 15) is 4.79 Å². The fraction of sp³-hybridized carbons (Fsp3) is 0.462. The van der Waals surface area contributed by atoms with E-state index in [2.05, 4.69) is 4.99 Å². The highest BCUT2D eigenvalue weighted by atomic mass is 16.5. The van der Waals surface area contributed by atoms with Crippen LogP contribution in [0.1, 0.15) is 25.3 Å². The summed E-state index contributed by atoms with van der Waals surface area (Å²) in [5.74, 6) is 1.39. The topological polar surface area (TPSA) is 47.9 Å². The van der Waals surface area contributed by atoms with Crippen LogP contribution in [0.3, 0.4) is 0 Å². The molecular formula is C13H15NO3. The molecule has 0 radical (unpaired) electrons. The molecule has 0 amide bonds. The number of hydrogen-bond donors (Lipinski definition) is 0. The second kappa shape index (κ2) is 4.60. The Balaban J connectivity index is 2.37. The van der Waals surface area contributed by atoms with Gasteiger partial charge in [0.05, 0.1) is 19.3 Å². The maximum Gasteiger partial charge on any atom is 0.235 e. The lowest BCUT2D eigenvalue weighted by Gasteiger charge is -2.13. The molecule has 0 atom stereocenters. The molecular weight excluding hydrogens is 218 g/mol. The Labute approximate surface area is 100 Å². The number of aliphatic imine (C=N–C) groups is 1. The first-order valence-corrected chi connectivity index (χ1v) is 5.66. The predicted molar refractivity (Wildman–Crippen MR) is 63.2 cm³/mol. The molecule has 0 N–H and O–H groups in total. The number of nitrogens with zero attached hydrogens (tertiary/aromatic N) is 1. The van der Waals surface area contributed by atoms with E-state index in [1.807, 2.05) is 25.1 Å². The van der Waals surface area contributed by atoms with Gasteiger partial charge >= 0.3 is 0 Å². The van der Waals surface area contributed by atoms with Crippen molar-refractivity contribution in [2.75, 3.05) is 13.7 Å². The molecule has 1 aliphatic rings. The minimum atomic E-state index is -0.361. The average Bonchev–Trinajstić information content (AvgIpc) is 3.11. The molecule has 4 heteroatoms. The fourth-order valence-corrected chi connectivity index (χ4v) is 1.91. The number of ether oxygens (including phenoxy) is 2. The van der Waals surface area contributed by atoms with Gasteiger partial charge in [-0.25, -0.2) is 4.79 Å². The molecule has 17 heavy (non-hydrogen) atoms. The highest BCUT2D eigenvalue weighted by Gasteiger charge is 2.45. The Morgan fingerprint density at radius 2 is 2.18 bits per heavy atom. The maximum atomic E-state index is 10.4. The van der Waals surface area contributed by atoms with Crippen LogP contribution >= 0.6 is 0 Å². The lowest BCUT2D eigenvalue weighted by Crippen LogP contribution is -2.04. The van der Waals surface area contributed by atoms with Crippen molar-refractivity contribution in [3.05, 3.63) is 23.8 Å². The zero-order valence-electron chi connectivity index (χ0n) is 10.0. The van der Waals surface area contributed by atoms with Gasteiger partial charge in [0.25, 0.3) is 0 Å². The van der Waals surface area contributed by atoms with Gasteiger partial charge in [-0.1, -0.05) is 6.07 Å². The number of benzene rings is 1. The highest BCUT2D eigenvalue weighted by Crippen LogP contribution is 2.50. The molecule has 0 aromatic heterocycles. The molecule has 0 heterocycles. The Hall–Kier alpha value is -1.80. The van der Waals surface area contributed by atoms with Crippen molar-refractivity contribution in [1.82, 2.24) is 0 Å². The molecule has 4 nitrogen and oxygen atoms in total. The van der Waals surface area contributed by atoms with Crippen molar-refractivity contribution in [1.29, 1.82) is 0 Å². The Bertz CT molecular complexity index is 460. The largest absolute Gasteiger partial charge is 0.493 e. The van der Waals surface area contributed by atoms with Gasteiger partial charge in [0.15, 0.2) is 11.5 Å². The van der Waals surface area contributed by atoms with E-state index in [0.29, 0.717) is 18.1 Å². The van der Waals surface area contributed by atoms with Crippen molar-refractivity contribution < 1.29 is 14.3 Å². The second-order valence-corrected chi connectivity index (χ2v) is 4.03. The second-order valence-electron chi connectivity index (χ2n) is 4.03. The zero-order valence-corrected chi connectivity index (χ0v) is 10.0. The first kappa shape index (κ1) is 11.7. The standard InChI is InChI=1S/C13H15NO3/c1-3-17-12-8-10(4-5-11(12)16-2)13(6-7-13)14-9-15/h4-5,8H,3,6-7H2,1-2H3. The molecule has 1 aliphatic carbocycles. The third-order valence-corrected chi connectivity index (χ3v) is 2.98. The highest BCUT2D eigenvalue weighted by molar-refractivity contribution is 5.48. The summed E-state index contributed by atoms with van der Waals surface area (Å²) in [4.78, 5) is 14.3. The Morgan fingerprint density at radius 3 is 2.71 bits per heavy atom. The normalized spacial score (nSPS) is 15.9. The molecule has 1 aromatic rings. The summed E-state index contributed by atoms with van der Waals surface area (Å²) in [7, 11) is 1.61. The van der Waals surface area contributed by atoms with Crippen molar-refractivity contribution in [3.8, 4) is 11.5 Å². The summed E-state index contributed by atoms with van der Waals surface area (Å²) in [6.45, 7) is 2.49. The third-order valence-electron chi connectivity index (χ3n) is 2.98. The molecule has 0 aliphatic heterocycles. The van der Waals surface area contributed by atoms with Gasteiger partial charge in [-0.3, -0.25) is 0 Å². The number of hydrogen-bond acceptors (Lipinski definition) is 4. The molecule has 0 saturated heterocycles. The van der Waals surface area contributed by atoms with E-state index in [1.54, 1.807) is 13.2 Å². The number of rotatable bonds is 5. The Kier molecular flexibility index (Phi) is 3.16. The molecule has 0 unspecified atom stereocenters. The van der Waals surface area contributed by atoms with Crippen LogP contribution in [-0.4, -0.2) is 19.8 Å². The van der Waals surface area contributed by atoms with Crippen LogP contribution in [-0.2, 0) is 10.3 Å². The van der Waals surface area contributed by atoms with Crippen LogP contribution in [0.2, 0.25) is 0 Å². The van der Waals surface area contributed by atoms with E-state index in [-0.39, 0.29) is 5.54 Å². The van der Waals surface area contributed by atoms with Gasteiger partial charge in [-0.15, -0.1) is 0 Å². The molecule has 1 aromatic carbocycles. The van der Waals surface area contributed by atoms with Gasteiger partial charge < -0.3 is 9.47 Å². The van der Waals surface area contributed by atoms with Crippen LogP contribution in [0.5, 0.6) is 11.5 Å². The zero-order chi connectivity index (χ0) is 12.3. The third kappa shape index (κ3) is 2.17. The fourth-order valence-electron chi connectivity index (χ4n) is 1.91. The summed E-state index contributed by atoms with van der Waals surface area (Å²) in [6, 6.07) is 5.67. The first-order chi connectivity index (χ1) is 8.25. The number of carbonyl (C=O) groups excluding carboxylic acids is 1. The minimum absolute atomic E-state index is 0.361. The molecule has 0 bridgehead atoms. The summed E-state index contributed by atoms with van der Waals surface area (Å²) in [5.41, 5.74) is 0.630. The van der Waals surface area contributed by atoms with Crippen LogP contribution < -0.4 is 9.47 Å². The van der Waals surface area contributed by atoms with E-state index < -0.39 is 0 Å². The van der Waals surface area contributed by atoms with Gasteiger partial charge in [0, 0.05) is 0 Å². The van der Waals surface area contributed by atoms with Crippen molar-refractivity contribution >= 4 is 6.08 Å². The van der Waals surface area contributed by atoms with Crippen molar-refractivity contribution in [2.45, 2.75) is 25.3 Å². The summed E-state index contributed by atoms with van der Waals surface area (Å²) >= 11 is 0. The SMILES string of the molecule is CCOc1cc(C2(N=C=O)CC2)ccc1OC. The van der Waals surface area contributed by atoms with E-state index >= 15 is 0 Å². The summed E-state index contributed by atoms with van der Waals surface area (Å²) < 4.78 is 10.7. The predicted octanol–water partition coefficient (Wildman–Crippen LogP) is 2.42. The van der Waals surface area contributed by atoms with Gasteiger partial charge in [-0.2, -0.15) is 4.99 Å². The summed E-state index contributed by atoms with van der Waals surface area (Å²) in [6.07, 6.45) is 3.43. The molecule has 1 saturated carbocycles. The van der Waals surface area contributed by atoms with Crippen LogP contribution in [0.15, 0.2) is 23.2 Å². The monoisotopic (exact) mass is 233 g/mol. The smallest absolute Gasteiger partial charge is 0.235 e. The lowest BCUT2D eigenvalue weighted by molar-refractivity contribution is 0.310. The van der Waals surface area contributed by atoms with E-state index in [0.717, 1.165) is 18.4 Å².